The van der Waals surface area contributed by atoms with Gasteiger partial charge < -0.3 is 15.0 Å². The van der Waals surface area contributed by atoms with Crippen LogP contribution in [0.15, 0.2) is 42.5 Å². The zero-order chi connectivity index (χ0) is 15.1. The van der Waals surface area contributed by atoms with Crippen LogP contribution in [0, 0.1) is 6.92 Å². The summed E-state index contributed by atoms with van der Waals surface area (Å²) >= 11 is 0. The Labute approximate surface area is 130 Å². The molecule has 1 aliphatic heterocycles. The summed E-state index contributed by atoms with van der Waals surface area (Å²) in [6.45, 7) is 3.12. The van der Waals surface area contributed by atoms with Gasteiger partial charge in [0, 0.05) is 23.1 Å². The molecular formula is C19H20N2O. The molecule has 1 aliphatic rings. The minimum atomic E-state index is 0.239. The number of benzene rings is 2. The number of hydrogen-bond donors (Lipinski definition) is 2. The van der Waals surface area contributed by atoms with Crippen molar-refractivity contribution in [2.45, 2.75) is 19.4 Å². The predicted octanol–water partition coefficient (Wildman–Crippen LogP) is 3.72. The number of fused-ring (bicyclic) bond motifs is 3. The number of aryl methyl sites for hydroxylation is 1. The number of nitrogens with one attached hydrogen (secondary N) is 2. The summed E-state index contributed by atoms with van der Waals surface area (Å²) in [6.07, 6.45) is 1.05. The number of aromatic nitrogens is 1. The van der Waals surface area contributed by atoms with Gasteiger partial charge in [-0.3, -0.25) is 0 Å². The summed E-state index contributed by atoms with van der Waals surface area (Å²) < 4.78 is 5.38. The second-order valence-corrected chi connectivity index (χ2v) is 5.98. The van der Waals surface area contributed by atoms with Gasteiger partial charge in [0.2, 0.25) is 0 Å². The lowest BCUT2D eigenvalue weighted by Gasteiger charge is -2.25. The lowest BCUT2D eigenvalue weighted by molar-refractivity contribution is 0.415. The zero-order valence-corrected chi connectivity index (χ0v) is 12.9. The van der Waals surface area contributed by atoms with E-state index in [1.807, 2.05) is 6.07 Å². The predicted molar refractivity (Wildman–Crippen MR) is 89.6 cm³/mol. The van der Waals surface area contributed by atoms with Gasteiger partial charge in [-0.05, 0) is 42.7 Å². The van der Waals surface area contributed by atoms with Gasteiger partial charge in [-0.15, -0.1) is 0 Å². The van der Waals surface area contributed by atoms with Crippen molar-refractivity contribution < 1.29 is 4.74 Å². The van der Waals surface area contributed by atoms with Crippen LogP contribution in [0.25, 0.3) is 10.9 Å². The summed E-state index contributed by atoms with van der Waals surface area (Å²) in [7, 11) is 1.72. The van der Waals surface area contributed by atoms with E-state index in [-0.39, 0.29) is 6.04 Å². The summed E-state index contributed by atoms with van der Waals surface area (Å²) in [6, 6.07) is 15.3. The van der Waals surface area contributed by atoms with Crippen LogP contribution in [0.4, 0.5) is 0 Å². The molecular weight excluding hydrogens is 272 g/mol. The molecule has 0 saturated heterocycles. The molecule has 112 valence electrons. The van der Waals surface area contributed by atoms with E-state index in [1.165, 1.54) is 33.3 Å². The van der Waals surface area contributed by atoms with Gasteiger partial charge in [0.25, 0.3) is 0 Å². The topological polar surface area (TPSA) is 37.0 Å². The van der Waals surface area contributed by atoms with E-state index in [9.17, 15) is 0 Å². The van der Waals surface area contributed by atoms with E-state index >= 15 is 0 Å². The largest absolute Gasteiger partial charge is 0.497 e. The smallest absolute Gasteiger partial charge is 0.119 e. The van der Waals surface area contributed by atoms with E-state index in [4.69, 9.17) is 4.74 Å². The lowest BCUT2D eigenvalue weighted by Crippen LogP contribution is -2.30. The summed E-state index contributed by atoms with van der Waals surface area (Å²) in [5.74, 6) is 0.916. The first kappa shape index (κ1) is 13.4. The minimum Gasteiger partial charge on any atom is -0.497 e. The molecule has 0 unspecified atom stereocenters. The highest BCUT2D eigenvalue weighted by atomic mass is 16.5. The second kappa shape index (κ2) is 5.18. The molecule has 22 heavy (non-hydrogen) atoms. The Morgan fingerprint density at radius 1 is 1.09 bits per heavy atom. The maximum Gasteiger partial charge on any atom is 0.119 e. The second-order valence-electron chi connectivity index (χ2n) is 5.98. The van der Waals surface area contributed by atoms with Crippen molar-refractivity contribution in [3.05, 3.63) is 64.8 Å². The van der Waals surface area contributed by atoms with Gasteiger partial charge in [0.15, 0.2) is 0 Å². The van der Waals surface area contributed by atoms with Gasteiger partial charge in [0.05, 0.1) is 13.2 Å². The third kappa shape index (κ3) is 2.09. The quantitative estimate of drug-likeness (QED) is 0.755. The Morgan fingerprint density at radius 2 is 1.91 bits per heavy atom. The normalized spacial score (nSPS) is 17.5. The molecule has 3 nitrogen and oxygen atoms in total. The summed E-state index contributed by atoms with van der Waals surface area (Å²) in [5.41, 5.74) is 6.49. The fourth-order valence-corrected chi connectivity index (χ4v) is 3.38. The zero-order valence-electron chi connectivity index (χ0n) is 12.9. The third-order valence-corrected chi connectivity index (χ3v) is 4.57. The summed E-state index contributed by atoms with van der Waals surface area (Å²) in [5, 5.41) is 4.92. The van der Waals surface area contributed by atoms with Crippen LogP contribution in [-0.4, -0.2) is 18.6 Å². The molecule has 3 heteroatoms. The van der Waals surface area contributed by atoms with Crippen molar-refractivity contribution in [2.24, 2.45) is 0 Å². The van der Waals surface area contributed by atoms with E-state index in [2.05, 4.69) is 53.6 Å². The Balaban J connectivity index is 1.85. The van der Waals surface area contributed by atoms with Crippen LogP contribution in [0.1, 0.15) is 28.4 Å². The van der Waals surface area contributed by atoms with Crippen LogP contribution in [-0.2, 0) is 6.42 Å². The fraction of sp³-hybridized carbons (Fsp3) is 0.263. The van der Waals surface area contributed by atoms with Crippen molar-refractivity contribution in [1.82, 2.24) is 10.3 Å². The molecule has 0 saturated carbocycles. The van der Waals surface area contributed by atoms with E-state index in [0.29, 0.717) is 0 Å². The van der Waals surface area contributed by atoms with E-state index < -0.39 is 0 Å². The lowest BCUT2D eigenvalue weighted by atomic mass is 9.94. The first-order valence-corrected chi connectivity index (χ1v) is 7.74. The first-order valence-electron chi connectivity index (χ1n) is 7.74. The SMILES string of the molecule is COc1ccc2[nH]c3c(c2c1)CCN[C@@H]3c1ccc(C)cc1. The maximum absolute atomic E-state index is 5.38. The third-order valence-electron chi connectivity index (χ3n) is 4.57. The molecule has 0 bridgehead atoms. The average Bonchev–Trinajstić information content (AvgIpc) is 2.93. The van der Waals surface area contributed by atoms with Crippen LogP contribution in [0.2, 0.25) is 0 Å². The van der Waals surface area contributed by atoms with Crippen LogP contribution in [0.3, 0.4) is 0 Å². The van der Waals surface area contributed by atoms with Crippen molar-refractivity contribution in [1.29, 1.82) is 0 Å². The number of aromatic amines is 1. The Hall–Kier alpha value is -2.26. The molecule has 2 N–H and O–H groups in total. The highest BCUT2D eigenvalue weighted by Gasteiger charge is 2.25. The molecule has 3 aromatic rings. The molecule has 1 aromatic heterocycles. The van der Waals surface area contributed by atoms with Crippen molar-refractivity contribution in [2.75, 3.05) is 13.7 Å². The molecule has 0 radical (unpaired) electrons. The molecule has 0 spiro atoms. The highest BCUT2D eigenvalue weighted by Crippen LogP contribution is 2.34. The Kier molecular flexibility index (Phi) is 3.16. The van der Waals surface area contributed by atoms with Gasteiger partial charge in [0.1, 0.15) is 5.75 Å². The molecule has 0 fully saturated rings. The Morgan fingerprint density at radius 3 is 2.68 bits per heavy atom. The Bertz CT molecular complexity index is 817. The van der Waals surface area contributed by atoms with Crippen molar-refractivity contribution in [3.63, 3.8) is 0 Å². The molecule has 2 heterocycles. The van der Waals surface area contributed by atoms with Gasteiger partial charge >= 0.3 is 0 Å². The van der Waals surface area contributed by atoms with Crippen LogP contribution < -0.4 is 10.1 Å². The molecule has 4 rings (SSSR count). The van der Waals surface area contributed by atoms with Crippen LogP contribution >= 0.6 is 0 Å². The molecule has 2 aromatic carbocycles. The monoisotopic (exact) mass is 292 g/mol. The van der Waals surface area contributed by atoms with Gasteiger partial charge in [-0.1, -0.05) is 29.8 Å². The highest BCUT2D eigenvalue weighted by molar-refractivity contribution is 5.86. The van der Waals surface area contributed by atoms with Gasteiger partial charge in [-0.2, -0.15) is 0 Å². The van der Waals surface area contributed by atoms with Crippen molar-refractivity contribution in [3.8, 4) is 5.75 Å². The molecule has 1 atom stereocenters. The van der Waals surface area contributed by atoms with Crippen molar-refractivity contribution >= 4 is 10.9 Å². The molecule has 0 amide bonds. The number of methoxy groups -OCH3 is 1. The van der Waals surface area contributed by atoms with E-state index in [0.717, 1.165) is 18.7 Å². The fourth-order valence-electron chi connectivity index (χ4n) is 3.38. The maximum atomic E-state index is 5.38. The number of ether oxygens (including phenoxy) is 1. The van der Waals surface area contributed by atoms with Crippen LogP contribution in [0.5, 0.6) is 5.75 Å². The number of hydrogen-bond acceptors (Lipinski definition) is 2. The number of H-pyrrole nitrogens is 1. The number of rotatable bonds is 2. The minimum absolute atomic E-state index is 0.239. The molecule has 0 aliphatic carbocycles. The summed E-state index contributed by atoms with van der Waals surface area (Å²) in [4.78, 5) is 3.61. The van der Waals surface area contributed by atoms with Gasteiger partial charge in [-0.25, -0.2) is 0 Å². The van der Waals surface area contributed by atoms with E-state index in [1.54, 1.807) is 7.11 Å². The standard InChI is InChI=1S/C19H20N2O/c1-12-3-5-13(6-4-12)18-19-15(9-10-20-18)16-11-14(22-2)7-8-17(16)21-19/h3-8,11,18,20-21H,9-10H2,1-2H3/t18-/m1/s1. The average molecular weight is 292 g/mol. The first-order chi connectivity index (χ1) is 10.8.